The molecule has 0 saturated heterocycles. The maximum Gasteiger partial charge on any atom is 0.287 e. The summed E-state index contributed by atoms with van der Waals surface area (Å²) in [6, 6.07) is 12.1. The lowest BCUT2D eigenvalue weighted by atomic mass is 10.2. The smallest absolute Gasteiger partial charge is 0.287 e. The summed E-state index contributed by atoms with van der Waals surface area (Å²) < 4.78 is 1.62. The van der Waals surface area contributed by atoms with Crippen molar-refractivity contribution in [1.82, 2.24) is 14.7 Å². The van der Waals surface area contributed by atoms with Crippen LogP contribution in [0.1, 0.15) is 41.4 Å². The van der Waals surface area contributed by atoms with E-state index in [1.807, 2.05) is 13.8 Å². The van der Waals surface area contributed by atoms with E-state index in [1.54, 1.807) is 53.1 Å². The highest BCUT2D eigenvalue weighted by atomic mass is 35.5. The van der Waals surface area contributed by atoms with Crippen LogP contribution in [0.15, 0.2) is 48.7 Å². The maximum atomic E-state index is 12.7. The fourth-order valence-corrected chi connectivity index (χ4v) is 2.60. The SMILES string of the molecule is CCC(C)NC(=O)c1nc(C(=O)Nc2ccc(Cl)cc2)c2ccccn12. The number of imidazole rings is 1. The second-order valence-electron chi connectivity index (χ2n) is 5.98. The first-order chi connectivity index (χ1) is 12.5. The molecule has 6 nitrogen and oxygen atoms in total. The summed E-state index contributed by atoms with van der Waals surface area (Å²) >= 11 is 5.86. The van der Waals surface area contributed by atoms with E-state index < -0.39 is 5.91 Å². The van der Waals surface area contributed by atoms with Crippen LogP contribution in [0.25, 0.3) is 5.52 Å². The average molecular weight is 371 g/mol. The van der Waals surface area contributed by atoms with Crippen LogP contribution in [0, 0.1) is 0 Å². The molecular formula is C19H19ClN4O2. The Kier molecular flexibility index (Phi) is 5.23. The normalized spacial score (nSPS) is 12.0. The van der Waals surface area contributed by atoms with E-state index in [4.69, 9.17) is 11.6 Å². The van der Waals surface area contributed by atoms with E-state index in [0.29, 0.717) is 16.2 Å². The van der Waals surface area contributed by atoms with Crippen molar-refractivity contribution in [3.8, 4) is 0 Å². The number of carbonyl (C=O) groups excluding carboxylic acids is 2. The lowest BCUT2D eigenvalue weighted by Gasteiger charge is -2.10. The Morgan fingerprint density at radius 1 is 1.15 bits per heavy atom. The Hall–Kier alpha value is -2.86. The van der Waals surface area contributed by atoms with Gasteiger partial charge < -0.3 is 10.6 Å². The van der Waals surface area contributed by atoms with Crippen LogP contribution < -0.4 is 10.6 Å². The monoisotopic (exact) mass is 370 g/mol. The number of carbonyl (C=O) groups is 2. The van der Waals surface area contributed by atoms with Gasteiger partial charge in [-0.2, -0.15) is 0 Å². The van der Waals surface area contributed by atoms with E-state index in [-0.39, 0.29) is 23.5 Å². The minimum absolute atomic E-state index is 0.0184. The molecule has 134 valence electrons. The Bertz CT molecular complexity index is 950. The second kappa shape index (κ2) is 7.58. The molecule has 0 aliphatic carbocycles. The molecule has 0 aliphatic heterocycles. The molecule has 2 heterocycles. The van der Waals surface area contributed by atoms with Gasteiger partial charge in [0.15, 0.2) is 5.69 Å². The van der Waals surface area contributed by atoms with Gasteiger partial charge in [-0.15, -0.1) is 0 Å². The Labute approximate surface area is 156 Å². The number of nitrogens with zero attached hydrogens (tertiary/aromatic N) is 2. The molecular weight excluding hydrogens is 352 g/mol. The molecule has 0 aliphatic rings. The van der Waals surface area contributed by atoms with Crippen LogP contribution in [-0.2, 0) is 0 Å². The number of amides is 2. The van der Waals surface area contributed by atoms with E-state index in [2.05, 4.69) is 15.6 Å². The number of hydrogen-bond donors (Lipinski definition) is 2. The van der Waals surface area contributed by atoms with Gasteiger partial charge in [0.2, 0.25) is 5.82 Å². The first-order valence-corrected chi connectivity index (χ1v) is 8.72. The number of benzene rings is 1. The molecule has 3 rings (SSSR count). The van der Waals surface area contributed by atoms with E-state index in [9.17, 15) is 9.59 Å². The standard InChI is InChI=1S/C19H19ClN4O2/c1-3-12(2)21-19(26)17-23-16(15-6-4-5-11-24(15)17)18(25)22-14-9-7-13(20)8-10-14/h4-12H,3H2,1-2H3,(H,21,26)(H,22,25). The minimum atomic E-state index is -0.390. The molecule has 1 unspecified atom stereocenters. The summed E-state index contributed by atoms with van der Waals surface area (Å²) in [6.07, 6.45) is 2.52. The topological polar surface area (TPSA) is 75.5 Å². The molecule has 0 fully saturated rings. The molecule has 1 aromatic carbocycles. The summed E-state index contributed by atoms with van der Waals surface area (Å²) in [5, 5.41) is 6.24. The number of pyridine rings is 1. The van der Waals surface area contributed by atoms with Crippen molar-refractivity contribution in [2.24, 2.45) is 0 Å². The van der Waals surface area contributed by atoms with Crippen LogP contribution in [-0.4, -0.2) is 27.2 Å². The van der Waals surface area contributed by atoms with Crippen molar-refractivity contribution in [2.45, 2.75) is 26.3 Å². The van der Waals surface area contributed by atoms with Crippen LogP contribution >= 0.6 is 11.6 Å². The molecule has 7 heteroatoms. The van der Waals surface area contributed by atoms with Crippen LogP contribution in [0.2, 0.25) is 5.02 Å². The summed E-state index contributed by atoms with van der Waals surface area (Å²) in [6.45, 7) is 3.90. The quantitative estimate of drug-likeness (QED) is 0.717. The molecule has 2 N–H and O–H groups in total. The van der Waals surface area contributed by atoms with Crippen molar-refractivity contribution in [3.05, 3.63) is 65.2 Å². The number of rotatable bonds is 5. The Morgan fingerprint density at radius 2 is 1.88 bits per heavy atom. The molecule has 0 spiro atoms. The lowest BCUT2D eigenvalue weighted by molar-refractivity contribution is 0.0928. The highest BCUT2D eigenvalue weighted by Gasteiger charge is 2.22. The zero-order chi connectivity index (χ0) is 18.7. The summed E-state index contributed by atoms with van der Waals surface area (Å²) in [4.78, 5) is 29.5. The third-order valence-corrected chi connectivity index (χ3v) is 4.31. The van der Waals surface area contributed by atoms with Crippen molar-refractivity contribution >= 4 is 34.6 Å². The third-order valence-electron chi connectivity index (χ3n) is 4.06. The molecule has 26 heavy (non-hydrogen) atoms. The van der Waals surface area contributed by atoms with Gasteiger partial charge in [0, 0.05) is 22.9 Å². The predicted molar refractivity (Wildman–Crippen MR) is 102 cm³/mol. The molecule has 1 atom stereocenters. The van der Waals surface area contributed by atoms with Gasteiger partial charge in [-0.3, -0.25) is 14.0 Å². The van der Waals surface area contributed by atoms with Crippen LogP contribution in [0.5, 0.6) is 0 Å². The number of fused-ring (bicyclic) bond motifs is 1. The van der Waals surface area contributed by atoms with Gasteiger partial charge in [-0.05, 0) is 49.7 Å². The van der Waals surface area contributed by atoms with Gasteiger partial charge in [0.25, 0.3) is 11.8 Å². The first-order valence-electron chi connectivity index (χ1n) is 8.34. The largest absolute Gasteiger partial charge is 0.347 e. The average Bonchev–Trinajstić information content (AvgIpc) is 3.03. The van der Waals surface area contributed by atoms with E-state index >= 15 is 0 Å². The molecule has 3 aromatic rings. The highest BCUT2D eigenvalue weighted by Crippen LogP contribution is 2.17. The Morgan fingerprint density at radius 3 is 2.58 bits per heavy atom. The minimum Gasteiger partial charge on any atom is -0.347 e. The van der Waals surface area contributed by atoms with Crippen molar-refractivity contribution in [1.29, 1.82) is 0 Å². The van der Waals surface area contributed by atoms with Crippen molar-refractivity contribution < 1.29 is 9.59 Å². The zero-order valence-electron chi connectivity index (χ0n) is 14.5. The molecule has 2 amide bonds. The summed E-state index contributed by atoms with van der Waals surface area (Å²) in [5.41, 5.74) is 1.35. The first kappa shape index (κ1) is 17.9. The third kappa shape index (κ3) is 3.70. The molecule has 2 aromatic heterocycles. The molecule has 0 bridgehead atoms. The Balaban J connectivity index is 1.94. The fourth-order valence-electron chi connectivity index (χ4n) is 2.48. The number of nitrogens with one attached hydrogen (secondary N) is 2. The van der Waals surface area contributed by atoms with Crippen LogP contribution in [0.3, 0.4) is 0 Å². The van der Waals surface area contributed by atoms with Crippen molar-refractivity contribution in [2.75, 3.05) is 5.32 Å². The van der Waals surface area contributed by atoms with Gasteiger partial charge in [0.05, 0.1) is 5.52 Å². The van der Waals surface area contributed by atoms with Crippen LogP contribution in [0.4, 0.5) is 5.69 Å². The van der Waals surface area contributed by atoms with Gasteiger partial charge in [0.1, 0.15) is 0 Å². The number of aromatic nitrogens is 2. The molecule has 0 saturated carbocycles. The number of hydrogen-bond acceptors (Lipinski definition) is 3. The predicted octanol–water partition coefficient (Wildman–Crippen LogP) is 3.77. The highest BCUT2D eigenvalue weighted by molar-refractivity contribution is 6.30. The summed E-state index contributed by atoms with van der Waals surface area (Å²) in [7, 11) is 0. The summed E-state index contributed by atoms with van der Waals surface area (Å²) in [5.74, 6) is -0.521. The van der Waals surface area contributed by atoms with Crippen molar-refractivity contribution in [3.63, 3.8) is 0 Å². The van der Waals surface area contributed by atoms with E-state index in [0.717, 1.165) is 6.42 Å². The maximum absolute atomic E-state index is 12.7. The zero-order valence-corrected chi connectivity index (χ0v) is 15.2. The van der Waals surface area contributed by atoms with Gasteiger partial charge in [-0.1, -0.05) is 24.6 Å². The lowest BCUT2D eigenvalue weighted by Crippen LogP contribution is -2.33. The van der Waals surface area contributed by atoms with E-state index in [1.165, 1.54) is 0 Å². The number of anilines is 1. The van der Waals surface area contributed by atoms with Gasteiger partial charge >= 0.3 is 0 Å². The number of halogens is 1. The second-order valence-corrected chi connectivity index (χ2v) is 6.42. The van der Waals surface area contributed by atoms with Gasteiger partial charge in [-0.25, -0.2) is 4.98 Å². The fraction of sp³-hybridized carbons (Fsp3) is 0.211. The molecule has 0 radical (unpaired) electrons.